The minimum atomic E-state index is -0.800. The molecule has 1 heterocycles. The van der Waals surface area contributed by atoms with E-state index in [1.165, 1.54) is 24.0 Å². The fourth-order valence-electron chi connectivity index (χ4n) is 2.09. The average Bonchev–Trinajstić information content (AvgIpc) is 2.66. The molecule has 2 N–H and O–H groups in total. The summed E-state index contributed by atoms with van der Waals surface area (Å²) in [4.78, 5) is 34.4. The van der Waals surface area contributed by atoms with Crippen LogP contribution in [0.4, 0.5) is 20.6 Å². The van der Waals surface area contributed by atoms with Crippen LogP contribution in [0.3, 0.4) is 0 Å². The Morgan fingerprint density at radius 3 is 2.76 bits per heavy atom. The van der Waals surface area contributed by atoms with Gasteiger partial charge in [0.2, 0.25) is 12.3 Å². The largest absolute Gasteiger partial charge is 0.423 e. The van der Waals surface area contributed by atoms with E-state index in [2.05, 4.69) is 10.6 Å². The van der Waals surface area contributed by atoms with Gasteiger partial charge in [0.15, 0.2) is 6.23 Å². The van der Waals surface area contributed by atoms with Crippen molar-refractivity contribution < 1.29 is 23.5 Å². The molecule has 0 radical (unpaired) electrons. The number of rotatable bonds is 4. The maximum absolute atomic E-state index is 13.8. The molecular weight excluding hydrogens is 281 g/mol. The van der Waals surface area contributed by atoms with Gasteiger partial charge in [0.05, 0.1) is 17.4 Å². The van der Waals surface area contributed by atoms with Crippen molar-refractivity contribution in [2.24, 2.45) is 0 Å². The number of cyclic esters (lactones) is 1. The third-order valence-electron chi connectivity index (χ3n) is 3.06. The quantitative estimate of drug-likeness (QED) is 0.817. The zero-order chi connectivity index (χ0) is 15.6. The first-order valence-corrected chi connectivity index (χ1v) is 6.20. The van der Waals surface area contributed by atoms with Crippen LogP contribution in [0.5, 0.6) is 0 Å². The SMILES string of the molecule is CC(=O)N[C@H]1OC(=O)N(c2ccc(NC=O)c(F)c2)C1C. The van der Waals surface area contributed by atoms with Crippen LogP contribution in [-0.2, 0) is 14.3 Å². The maximum Gasteiger partial charge on any atom is 0.416 e. The van der Waals surface area contributed by atoms with Gasteiger partial charge in [-0.2, -0.15) is 0 Å². The molecule has 1 aromatic carbocycles. The zero-order valence-electron chi connectivity index (χ0n) is 11.4. The van der Waals surface area contributed by atoms with Gasteiger partial charge in [-0.15, -0.1) is 0 Å². The Bertz CT molecular complexity index is 593. The van der Waals surface area contributed by atoms with Gasteiger partial charge in [0.1, 0.15) is 5.82 Å². The molecule has 1 saturated heterocycles. The Balaban J connectivity index is 2.25. The van der Waals surface area contributed by atoms with E-state index < -0.39 is 24.2 Å². The summed E-state index contributed by atoms with van der Waals surface area (Å²) in [5, 5.41) is 4.70. The summed E-state index contributed by atoms with van der Waals surface area (Å²) in [5.41, 5.74) is 0.279. The van der Waals surface area contributed by atoms with E-state index in [1.54, 1.807) is 6.92 Å². The standard InChI is InChI=1S/C13H14FN3O4/c1-7-12(16-8(2)19)21-13(20)17(7)9-3-4-11(15-6-18)10(14)5-9/h3-7,12H,1-2H3,(H,15,18)(H,16,19)/t7?,12-/m0/s1. The Kier molecular flexibility index (Phi) is 4.06. The van der Waals surface area contributed by atoms with E-state index in [-0.39, 0.29) is 17.3 Å². The van der Waals surface area contributed by atoms with Crippen molar-refractivity contribution in [2.45, 2.75) is 26.1 Å². The molecule has 1 aliphatic rings. The number of hydrogen-bond donors (Lipinski definition) is 2. The summed E-state index contributed by atoms with van der Waals surface area (Å²) < 4.78 is 18.8. The third kappa shape index (κ3) is 2.93. The van der Waals surface area contributed by atoms with Crippen molar-refractivity contribution >= 4 is 29.8 Å². The van der Waals surface area contributed by atoms with E-state index in [0.717, 1.165) is 6.07 Å². The highest BCUT2D eigenvalue weighted by Gasteiger charge is 2.40. The van der Waals surface area contributed by atoms with Crippen LogP contribution in [0.25, 0.3) is 0 Å². The van der Waals surface area contributed by atoms with Crippen LogP contribution in [0.2, 0.25) is 0 Å². The van der Waals surface area contributed by atoms with Crippen molar-refractivity contribution in [2.75, 3.05) is 10.2 Å². The highest BCUT2D eigenvalue weighted by atomic mass is 19.1. The molecule has 1 aromatic rings. The third-order valence-corrected chi connectivity index (χ3v) is 3.06. The topological polar surface area (TPSA) is 87.7 Å². The lowest BCUT2D eigenvalue weighted by molar-refractivity contribution is -0.121. The molecule has 0 bridgehead atoms. The number of nitrogens with zero attached hydrogens (tertiary/aromatic N) is 1. The minimum absolute atomic E-state index is 0.00683. The summed E-state index contributed by atoms with van der Waals surface area (Å²) in [6.07, 6.45) is -1.12. The number of halogens is 1. The lowest BCUT2D eigenvalue weighted by atomic mass is 10.2. The lowest BCUT2D eigenvalue weighted by Gasteiger charge is -2.21. The summed E-state index contributed by atoms with van der Waals surface area (Å²) >= 11 is 0. The van der Waals surface area contributed by atoms with Crippen molar-refractivity contribution in [3.63, 3.8) is 0 Å². The molecule has 3 amide bonds. The molecule has 0 saturated carbocycles. The smallest absolute Gasteiger partial charge is 0.416 e. The number of hydrogen-bond acceptors (Lipinski definition) is 4. The highest BCUT2D eigenvalue weighted by molar-refractivity contribution is 5.91. The van der Waals surface area contributed by atoms with Crippen molar-refractivity contribution in [1.29, 1.82) is 0 Å². The first kappa shape index (κ1) is 14.8. The van der Waals surface area contributed by atoms with Crippen LogP contribution in [-0.4, -0.2) is 30.7 Å². The Labute approximate surface area is 120 Å². The molecular formula is C13H14FN3O4. The summed E-state index contributed by atoms with van der Waals surface area (Å²) in [6.45, 7) is 2.98. The van der Waals surface area contributed by atoms with Crippen LogP contribution >= 0.6 is 0 Å². The molecule has 1 aliphatic heterocycles. The maximum atomic E-state index is 13.8. The van der Waals surface area contributed by atoms with Gasteiger partial charge in [-0.05, 0) is 25.1 Å². The van der Waals surface area contributed by atoms with E-state index >= 15 is 0 Å². The Morgan fingerprint density at radius 2 is 2.19 bits per heavy atom. The number of ether oxygens (including phenoxy) is 1. The predicted octanol–water partition coefficient (Wildman–Crippen LogP) is 1.20. The molecule has 112 valence electrons. The van der Waals surface area contributed by atoms with Gasteiger partial charge in [-0.3, -0.25) is 14.5 Å². The van der Waals surface area contributed by atoms with E-state index in [4.69, 9.17) is 4.74 Å². The highest BCUT2D eigenvalue weighted by Crippen LogP contribution is 2.28. The Morgan fingerprint density at radius 1 is 1.48 bits per heavy atom. The summed E-state index contributed by atoms with van der Waals surface area (Å²) in [5.74, 6) is -1.01. The second kappa shape index (κ2) is 5.78. The summed E-state index contributed by atoms with van der Waals surface area (Å²) in [6, 6.07) is 3.43. The van der Waals surface area contributed by atoms with Gasteiger partial charge < -0.3 is 15.4 Å². The molecule has 8 heteroatoms. The molecule has 2 atom stereocenters. The first-order valence-electron chi connectivity index (χ1n) is 6.20. The van der Waals surface area contributed by atoms with Gasteiger partial charge >= 0.3 is 6.09 Å². The molecule has 0 aliphatic carbocycles. The van der Waals surface area contributed by atoms with Crippen molar-refractivity contribution in [3.8, 4) is 0 Å². The number of carbonyl (C=O) groups excluding carboxylic acids is 3. The van der Waals surface area contributed by atoms with Gasteiger partial charge in [-0.1, -0.05) is 0 Å². The van der Waals surface area contributed by atoms with Crippen LogP contribution in [0.15, 0.2) is 18.2 Å². The number of carbonyl (C=O) groups is 3. The molecule has 21 heavy (non-hydrogen) atoms. The Hall–Kier alpha value is -2.64. The molecule has 7 nitrogen and oxygen atoms in total. The first-order chi connectivity index (χ1) is 9.93. The molecule has 1 unspecified atom stereocenters. The lowest BCUT2D eigenvalue weighted by Crippen LogP contribution is -2.43. The van der Waals surface area contributed by atoms with Crippen molar-refractivity contribution in [1.82, 2.24) is 5.32 Å². The fraction of sp³-hybridized carbons (Fsp3) is 0.308. The van der Waals surface area contributed by atoms with Gasteiger partial charge in [-0.25, -0.2) is 9.18 Å². The number of nitrogens with one attached hydrogen (secondary N) is 2. The van der Waals surface area contributed by atoms with E-state index in [0.29, 0.717) is 6.41 Å². The van der Waals surface area contributed by atoms with Crippen LogP contribution < -0.4 is 15.5 Å². The minimum Gasteiger partial charge on any atom is -0.423 e. The number of anilines is 2. The zero-order valence-corrected chi connectivity index (χ0v) is 11.4. The fourth-order valence-corrected chi connectivity index (χ4v) is 2.09. The molecule has 0 spiro atoms. The van der Waals surface area contributed by atoms with Crippen LogP contribution in [0, 0.1) is 5.82 Å². The molecule has 1 fully saturated rings. The summed E-state index contributed by atoms with van der Waals surface area (Å²) in [7, 11) is 0. The average molecular weight is 295 g/mol. The molecule has 0 aromatic heterocycles. The normalized spacial score (nSPS) is 20.9. The molecule has 2 rings (SSSR count). The second-order valence-corrected chi connectivity index (χ2v) is 4.54. The number of amides is 3. The van der Waals surface area contributed by atoms with Crippen LogP contribution in [0.1, 0.15) is 13.8 Å². The second-order valence-electron chi connectivity index (χ2n) is 4.54. The van der Waals surface area contributed by atoms with Crippen molar-refractivity contribution in [3.05, 3.63) is 24.0 Å². The number of benzene rings is 1. The van der Waals surface area contributed by atoms with E-state index in [9.17, 15) is 18.8 Å². The van der Waals surface area contributed by atoms with Gasteiger partial charge in [0.25, 0.3) is 0 Å². The van der Waals surface area contributed by atoms with Gasteiger partial charge in [0, 0.05) is 6.92 Å². The predicted molar refractivity (Wildman–Crippen MR) is 72.1 cm³/mol. The van der Waals surface area contributed by atoms with E-state index in [1.807, 2.05) is 0 Å². The monoisotopic (exact) mass is 295 g/mol.